The van der Waals surface area contributed by atoms with E-state index in [-0.39, 0.29) is 0 Å². The average Bonchev–Trinajstić information content (AvgIpc) is 2.69. The molecule has 0 bridgehead atoms. The Kier molecular flexibility index (Phi) is 3.32. The summed E-state index contributed by atoms with van der Waals surface area (Å²) in [6, 6.07) is 5.80. The molecule has 1 heterocycles. The largest absolute Gasteiger partial charge is 0.491 e. The molecule has 2 rings (SSSR count). The Hall–Kier alpha value is -1.97. The number of aromatic nitrogens is 2. The molecule has 0 aliphatic rings. The van der Waals surface area contributed by atoms with E-state index in [0.29, 0.717) is 12.3 Å². The number of hydrogen-bond acceptors (Lipinski definition) is 3. The van der Waals surface area contributed by atoms with Crippen molar-refractivity contribution in [2.75, 3.05) is 12.3 Å². The number of benzene rings is 1. The minimum absolute atomic E-state index is 0.610. The number of ether oxygens (including phenoxy) is 1. The van der Waals surface area contributed by atoms with Crippen LogP contribution in [-0.2, 0) is 13.5 Å². The minimum atomic E-state index is 0.610. The highest BCUT2D eigenvalue weighted by Gasteiger charge is 2.01. The van der Waals surface area contributed by atoms with Crippen LogP contribution >= 0.6 is 0 Å². The van der Waals surface area contributed by atoms with Crippen LogP contribution in [0.3, 0.4) is 0 Å². The lowest BCUT2D eigenvalue weighted by atomic mass is 10.2. The molecule has 2 N–H and O–H groups in total. The van der Waals surface area contributed by atoms with E-state index in [4.69, 9.17) is 10.5 Å². The van der Waals surface area contributed by atoms with Crippen LogP contribution in [-0.4, -0.2) is 16.4 Å². The second-order valence-electron chi connectivity index (χ2n) is 4.16. The normalized spacial score (nSPS) is 10.5. The quantitative estimate of drug-likeness (QED) is 0.818. The standard InChI is InChI=1S/C13H17N3O/c1-10-3-4-12(14)13(7-10)17-6-5-11-8-15-16(2)9-11/h3-4,7-9H,5-6,14H2,1-2H3. The molecule has 0 atom stereocenters. The molecule has 0 amide bonds. The van der Waals surface area contributed by atoms with Gasteiger partial charge in [-0.1, -0.05) is 6.07 Å². The van der Waals surface area contributed by atoms with E-state index in [1.54, 1.807) is 4.68 Å². The SMILES string of the molecule is Cc1ccc(N)c(OCCc2cnn(C)c2)c1. The Balaban J connectivity index is 1.91. The van der Waals surface area contributed by atoms with Gasteiger partial charge in [0.1, 0.15) is 5.75 Å². The lowest BCUT2D eigenvalue weighted by Gasteiger charge is -2.08. The van der Waals surface area contributed by atoms with Gasteiger partial charge < -0.3 is 10.5 Å². The van der Waals surface area contributed by atoms with Crippen molar-refractivity contribution in [1.29, 1.82) is 0 Å². The number of anilines is 1. The summed E-state index contributed by atoms with van der Waals surface area (Å²) in [7, 11) is 1.91. The van der Waals surface area contributed by atoms with Crippen molar-refractivity contribution in [3.8, 4) is 5.75 Å². The zero-order chi connectivity index (χ0) is 12.3. The van der Waals surface area contributed by atoms with Crippen molar-refractivity contribution in [3.05, 3.63) is 41.7 Å². The number of hydrogen-bond donors (Lipinski definition) is 1. The molecule has 4 nitrogen and oxygen atoms in total. The second-order valence-corrected chi connectivity index (χ2v) is 4.16. The van der Waals surface area contributed by atoms with Crippen molar-refractivity contribution in [2.24, 2.45) is 7.05 Å². The van der Waals surface area contributed by atoms with Crippen LogP contribution < -0.4 is 10.5 Å². The van der Waals surface area contributed by atoms with Gasteiger partial charge in [0.15, 0.2) is 0 Å². The molecule has 1 aromatic carbocycles. The third-order valence-electron chi connectivity index (χ3n) is 2.58. The first-order valence-electron chi connectivity index (χ1n) is 5.61. The highest BCUT2D eigenvalue weighted by Crippen LogP contribution is 2.22. The summed E-state index contributed by atoms with van der Waals surface area (Å²) < 4.78 is 7.46. The van der Waals surface area contributed by atoms with Gasteiger partial charge in [0.2, 0.25) is 0 Å². The molecule has 0 aliphatic carbocycles. The van der Waals surface area contributed by atoms with Crippen molar-refractivity contribution >= 4 is 5.69 Å². The van der Waals surface area contributed by atoms with Crippen molar-refractivity contribution < 1.29 is 4.74 Å². The van der Waals surface area contributed by atoms with Gasteiger partial charge in [-0.15, -0.1) is 0 Å². The number of rotatable bonds is 4. The van der Waals surface area contributed by atoms with Crippen LogP contribution in [0.5, 0.6) is 5.75 Å². The maximum absolute atomic E-state index is 5.83. The topological polar surface area (TPSA) is 53.1 Å². The third kappa shape index (κ3) is 3.00. The van der Waals surface area contributed by atoms with Crippen molar-refractivity contribution in [1.82, 2.24) is 9.78 Å². The molecule has 0 radical (unpaired) electrons. The zero-order valence-electron chi connectivity index (χ0n) is 10.2. The number of nitrogen functional groups attached to an aromatic ring is 1. The van der Waals surface area contributed by atoms with Crippen LogP contribution in [0.15, 0.2) is 30.6 Å². The van der Waals surface area contributed by atoms with Crippen LogP contribution in [0.25, 0.3) is 0 Å². The van der Waals surface area contributed by atoms with E-state index in [9.17, 15) is 0 Å². The minimum Gasteiger partial charge on any atom is -0.491 e. The summed E-state index contributed by atoms with van der Waals surface area (Å²) in [5.41, 5.74) is 8.83. The number of nitrogens with zero attached hydrogens (tertiary/aromatic N) is 2. The Labute approximate surface area is 101 Å². The molecular formula is C13H17N3O. The van der Waals surface area contributed by atoms with Crippen LogP contribution in [0, 0.1) is 6.92 Å². The summed E-state index contributed by atoms with van der Waals surface area (Å²) in [5.74, 6) is 0.758. The van der Waals surface area contributed by atoms with Gasteiger partial charge in [-0.2, -0.15) is 5.10 Å². The summed E-state index contributed by atoms with van der Waals surface area (Å²) >= 11 is 0. The van der Waals surface area contributed by atoms with Crippen molar-refractivity contribution in [3.63, 3.8) is 0 Å². The first-order valence-corrected chi connectivity index (χ1v) is 5.61. The fraction of sp³-hybridized carbons (Fsp3) is 0.308. The van der Waals surface area contributed by atoms with Gasteiger partial charge in [-0.3, -0.25) is 4.68 Å². The molecule has 0 spiro atoms. The van der Waals surface area contributed by atoms with Gasteiger partial charge in [-0.25, -0.2) is 0 Å². The first kappa shape index (κ1) is 11.5. The summed E-state index contributed by atoms with van der Waals surface area (Å²) in [4.78, 5) is 0. The first-order chi connectivity index (χ1) is 8.15. The Morgan fingerprint density at radius 1 is 1.41 bits per heavy atom. The van der Waals surface area contributed by atoms with Gasteiger partial charge in [0.05, 0.1) is 18.5 Å². The van der Waals surface area contributed by atoms with Crippen LogP contribution in [0.2, 0.25) is 0 Å². The van der Waals surface area contributed by atoms with Crippen LogP contribution in [0.1, 0.15) is 11.1 Å². The molecule has 90 valence electrons. The lowest BCUT2D eigenvalue weighted by molar-refractivity contribution is 0.323. The molecule has 1 aromatic heterocycles. The predicted octanol–water partition coefficient (Wildman–Crippen LogP) is 1.93. The highest BCUT2D eigenvalue weighted by atomic mass is 16.5. The molecule has 2 aromatic rings. The lowest BCUT2D eigenvalue weighted by Crippen LogP contribution is -2.03. The molecule has 0 fully saturated rings. The van der Waals surface area contributed by atoms with Crippen molar-refractivity contribution in [2.45, 2.75) is 13.3 Å². The number of aryl methyl sites for hydroxylation is 2. The molecule has 0 saturated heterocycles. The molecule has 0 saturated carbocycles. The van der Waals surface area contributed by atoms with E-state index in [2.05, 4.69) is 5.10 Å². The summed E-state index contributed by atoms with van der Waals surface area (Å²) in [6.45, 7) is 2.63. The van der Waals surface area contributed by atoms with Gasteiger partial charge in [0, 0.05) is 19.7 Å². The Bertz CT molecular complexity index is 505. The predicted molar refractivity (Wildman–Crippen MR) is 68.0 cm³/mol. The smallest absolute Gasteiger partial charge is 0.142 e. The zero-order valence-corrected chi connectivity index (χ0v) is 10.2. The fourth-order valence-corrected chi connectivity index (χ4v) is 1.65. The maximum atomic E-state index is 5.83. The number of nitrogens with two attached hydrogens (primary N) is 1. The molecule has 4 heteroatoms. The summed E-state index contributed by atoms with van der Waals surface area (Å²) in [6.07, 6.45) is 4.67. The van der Waals surface area contributed by atoms with E-state index in [1.807, 2.05) is 44.6 Å². The molecular weight excluding hydrogens is 214 g/mol. The van der Waals surface area contributed by atoms with Gasteiger partial charge in [-0.05, 0) is 30.2 Å². The van der Waals surface area contributed by atoms with E-state index in [0.717, 1.165) is 17.7 Å². The summed E-state index contributed by atoms with van der Waals surface area (Å²) in [5, 5.41) is 4.11. The monoisotopic (exact) mass is 231 g/mol. The van der Waals surface area contributed by atoms with Gasteiger partial charge in [0.25, 0.3) is 0 Å². The second kappa shape index (κ2) is 4.91. The van der Waals surface area contributed by atoms with Crippen LogP contribution in [0.4, 0.5) is 5.69 Å². The third-order valence-corrected chi connectivity index (χ3v) is 2.58. The van der Waals surface area contributed by atoms with E-state index >= 15 is 0 Å². The average molecular weight is 231 g/mol. The highest BCUT2D eigenvalue weighted by molar-refractivity contribution is 5.53. The maximum Gasteiger partial charge on any atom is 0.142 e. The molecule has 0 unspecified atom stereocenters. The fourth-order valence-electron chi connectivity index (χ4n) is 1.65. The Morgan fingerprint density at radius 3 is 2.94 bits per heavy atom. The van der Waals surface area contributed by atoms with E-state index in [1.165, 1.54) is 5.56 Å². The molecule has 0 aliphatic heterocycles. The Morgan fingerprint density at radius 2 is 2.24 bits per heavy atom. The van der Waals surface area contributed by atoms with E-state index < -0.39 is 0 Å². The molecule has 17 heavy (non-hydrogen) atoms. The van der Waals surface area contributed by atoms with Gasteiger partial charge >= 0.3 is 0 Å².